The monoisotopic (exact) mass is 495 g/mol. The predicted octanol–water partition coefficient (Wildman–Crippen LogP) is 12.3. The molecular formula is C34H70O. The highest BCUT2D eigenvalue weighted by Crippen LogP contribution is 2.17. The van der Waals surface area contributed by atoms with Crippen molar-refractivity contribution in [2.24, 2.45) is 5.92 Å². The minimum Gasteiger partial charge on any atom is -0.396 e. The zero-order chi connectivity index (χ0) is 25.5. The van der Waals surface area contributed by atoms with Crippen molar-refractivity contribution in [3.8, 4) is 0 Å². The second-order valence-corrected chi connectivity index (χ2v) is 11.9. The highest BCUT2D eigenvalue weighted by molar-refractivity contribution is 4.54. The van der Waals surface area contributed by atoms with Crippen LogP contribution in [0.25, 0.3) is 0 Å². The predicted molar refractivity (Wildman–Crippen MR) is 160 cm³/mol. The summed E-state index contributed by atoms with van der Waals surface area (Å²) in [6.45, 7) is 5.10. The molecule has 1 atom stereocenters. The Hall–Kier alpha value is -0.0400. The Bertz CT molecular complexity index is 352. The molecule has 0 fully saturated rings. The van der Waals surface area contributed by atoms with Gasteiger partial charge in [-0.1, -0.05) is 200 Å². The fourth-order valence-corrected chi connectivity index (χ4v) is 5.40. The van der Waals surface area contributed by atoms with E-state index in [-0.39, 0.29) is 0 Å². The van der Waals surface area contributed by atoms with Gasteiger partial charge in [0.05, 0.1) is 0 Å². The zero-order valence-electron chi connectivity index (χ0n) is 24.9. The van der Waals surface area contributed by atoms with Crippen molar-refractivity contribution in [2.75, 3.05) is 6.61 Å². The number of hydrogen-bond acceptors (Lipinski definition) is 1. The van der Waals surface area contributed by atoms with Crippen LogP contribution >= 0.6 is 0 Å². The van der Waals surface area contributed by atoms with Crippen LogP contribution in [-0.2, 0) is 0 Å². The third-order valence-corrected chi connectivity index (χ3v) is 8.30. The molecule has 0 aliphatic carbocycles. The second-order valence-electron chi connectivity index (χ2n) is 11.9. The fourth-order valence-electron chi connectivity index (χ4n) is 5.40. The van der Waals surface area contributed by atoms with Crippen LogP contribution in [0.5, 0.6) is 0 Å². The fraction of sp³-hybridized carbons (Fsp3) is 1.00. The summed E-state index contributed by atoms with van der Waals surface area (Å²) in [6, 6.07) is 0. The van der Waals surface area contributed by atoms with Gasteiger partial charge in [0.2, 0.25) is 0 Å². The first kappa shape index (κ1) is 35.0. The van der Waals surface area contributed by atoms with Crippen LogP contribution in [0.2, 0.25) is 0 Å². The van der Waals surface area contributed by atoms with E-state index >= 15 is 0 Å². The summed E-state index contributed by atoms with van der Waals surface area (Å²) in [5.41, 5.74) is 0. The maximum atomic E-state index is 8.78. The summed E-state index contributed by atoms with van der Waals surface area (Å²) in [6.07, 6.45) is 43.0. The number of aliphatic hydroxyl groups is 1. The van der Waals surface area contributed by atoms with E-state index in [0.29, 0.717) is 6.61 Å². The molecule has 1 unspecified atom stereocenters. The van der Waals surface area contributed by atoms with Crippen molar-refractivity contribution in [1.29, 1.82) is 0 Å². The maximum absolute atomic E-state index is 8.78. The Balaban J connectivity index is 3.02. The van der Waals surface area contributed by atoms with Crippen molar-refractivity contribution in [3.63, 3.8) is 0 Å². The molecule has 1 N–H and O–H groups in total. The van der Waals surface area contributed by atoms with Gasteiger partial charge in [0.1, 0.15) is 0 Å². The van der Waals surface area contributed by atoms with E-state index in [0.717, 1.165) is 12.3 Å². The number of rotatable bonds is 31. The van der Waals surface area contributed by atoms with Crippen LogP contribution in [0.4, 0.5) is 0 Å². The lowest BCUT2D eigenvalue weighted by atomic mass is 9.99. The number of hydrogen-bond donors (Lipinski definition) is 1. The molecule has 35 heavy (non-hydrogen) atoms. The molecule has 0 radical (unpaired) electrons. The third kappa shape index (κ3) is 31.9. The summed E-state index contributed by atoms with van der Waals surface area (Å²) < 4.78 is 0. The molecule has 0 aliphatic rings. The average molecular weight is 495 g/mol. The van der Waals surface area contributed by atoms with Crippen LogP contribution in [-0.4, -0.2) is 11.7 Å². The van der Waals surface area contributed by atoms with Crippen molar-refractivity contribution in [1.82, 2.24) is 0 Å². The van der Waals surface area contributed by atoms with E-state index in [2.05, 4.69) is 13.8 Å². The summed E-state index contributed by atoms with van der Waals surface area (Å²) >= 11 is 0. The Kier molecular flexibility index (Phi) is 32.0. The van der Waals surface area contributed by atoms with E-state index in [9.17, 15) is 0 Å². The van der Waals surface area contributed by atoms with E-state index < -0.39 is 0 Å². The van der Waals surface area contributed by atoms with Gasteiger partial charge in [-0.2, -0.15) is 0 Å². The molecule has 0 saturated heterocycles. The van der Waals surface area contributed by atoms with Crippen molar-refractivity contribution >= 4 is 0 Å². The van der Waals surface area contributed by atoms with E-state index in [4.69, 9.17) is 5.11 Å². The first-order valence-corrected chi connectivity index (χ1v) is 16.9. The van der Waals surface area contributed by atoms with Gasteiger partial charge in [0.25, 0.3) is 0 Å². The summed E-state index contributed by atoms with van der Waals surface area (Å²) in [7, 11) is 0. The summed E-state index contributed by atoms with van der Waals surface area (Å²) in [4.78, 5) is 0. The molecule has 1 nitrogen and oxygen atoms in total. The van der Waals surface area contributed by atoms with Gasteiger partial charge in [0.15, 0.2) is 0 Å². The highest BCUT2D eigenvalue weighted by Gasteiger charge is 1.99. The normalized spacial score (nSPS) is 12.4. The van der Waals surface area contributed by atoms with Crippen LogP contribution in [0.3, 0.4) is 0 Å². The Labute approximate surface area is 224 Å². The number of unbranched alkanes of at least 4 members (excludes halogenated alkanes) is 27. The highest BCUT2D eigenvalue weighted by atomic mass is 16.2. The molecule has 0 amide bonds. The molecule has 0 aromatic carbocycles. The summed E-state index contributed by atoms with van der Waals surface area (Å²) in [5, 5.41) is 8.78. The minimum atomic E-state index is 0.374. The van der Waals surface area contributed by atoms with E-state index in [1.165, 1.54) is 186 Å². The quantitative estimate of drug-likeness (QED) is 0.0950. The third-order valence-electron chi connectivity index (χ3n) is 8.30. The van der Waals surface area contributed by atoms with Gasteiger partial charge in [-0.3, -0.25) is 0 Å². The zero-order valence-corrected chi connectivity index (χ0v) is 24.9. The summed E-state index contributed by atoms with van der Waals surface area (Å²) in [5.74, 6) is 0.944. The smallest absolute Gasteiger partial charge is 0.0431 e. The Morgan fingerprint density at radius 2 is 0.543 bits per heavy atom. The molecule has 0 aromatic rings. The van der Waals surface area contributed by atoms with E-state index in [1.807, 2.05) is 0 Å². The van der Waals surface area contributed by atoms with Gasteiger partial charge in [-0.15, -0.1) is 0 Å². The molecule has 0 spiro atoms. The molecule has 0 heterocycles. The van der Waals surface area contributed by atoms with Gasteiger partial charge in [-0.05, 0) is 12.3 Å². The standard InChI is InChI=1S/C34H70O/c1-3-34(2)32-30-28-26-24-22-20-18-16-14-12-10-8-6-4-5-7-9-11-13-15-17-19-21-23-25-27-29-31-33-35/h34-35H,3-33H2,1-2H3. The largest absolute Gasteiger partial charge is 0.396 e. The lowest BCUT2D eigenvalue weighted by Gasteiger charge is -2.07. The van der Waals surface area contributed by atoms with Crippen molar-refractivity contribution in [3.05, 3.63) is 0 Å². The minimum absolute atomic E-state index is 0.374. The molecule has 0 saturated carbocycles. The van der Waals surface area contributed by atoms with Gasteiger partial charge in [-0.25, -0.2) is 0 Å². The molecule has 0 rings (SSSR count). The second kappa shape index (κ2) is 32.0. The molecule has 212 valence electrons. The maximum Gasteiger partial charge on any atom is 0.0431 e. The lowest BCUT2D eigenvalue weighted by Crippen LogP contribution is -1.91. The average Bonchev–Trinajstić information content (AvgIpc) is 2.87. The first-order chi connectivity index (χ1) is 17.3. The lowest BCUT2D eigenvalue weighted by molar-refractivity contribution is 0.282. The Morgan fingerprint density at radius 3 is 0.743 bits per heavy atom. The van der Waals surface area contributed by atoms with Crippen molar-refractivity contribution in [2.45, 2.75) is 206 Å². The van der Waals surface area contributed by atoms with Crippen LogP contribution < -0.4 is 0 Å². The van der Waals surface area contributed by atoms with Gasteiger partial charge >= 0.3 is 0 Å². The van der Waals surface area contributed by atoms with Gasteiger partial charge in [0, 0.05) is 6.61 Å². The van der Waals surface area contributed by atoms with E-state index in [1.54, 1.807) is 0 Å². The van der Waals surface area contributed by atoms with Crippen LogP contribution in [0.15, 0.2) is 0 Å². The van der Waals surface area contributed by atoms with Crippen LogP contribution in [0, 0.1) is 5.92 Å². The Morgan fingerprint density at radius 1 is 0.343 bits per heavy atom. The van der Waals surface area contributed by atoms with Gasteiger partial charge < -0.3 is 5.11 Å². The topological polar surface area (TPSA) is 20.2 Å². The first-order valence-electron chi connectivity index (χ1n) is 16.9. The molecular weight excluding hydrogens is 424 g/mol. The molecule has 1 heteroatoms. The molecule has 0 aromatic heterocycles. The number of aliphatic hydroxyl groups excluding tert-OH is 1. The van der Waals surface area contributed by atoms with Crippen molar-refractivity contribution < 1.29 is 5.11 Å². The van der Waals surface area contributed by atoms with Crippen LogP contribution in [0.1, 0.15) is 206 Å². The molecule has 0 aliphatic heterocycles. The SMILES string of the molecule is CCC(C)CCCCCCCCCCCCCCCCCCCCCCCCCCCCCCO. The molecule has 0 bridgehead atoms.